The van der Waals surface area contributed by atoms with Gasteiger partial charge in [0.05, 0.1) is 13.2 Å². The molecule has 1 aromatic rings. The van der Waals surface area contributed by atoms with Crippen molar-refractivity contribution < 1.29 is 9.47 Å². The monoisotopic (exact) mass is 289 g/mol. The maximum Gasteiger partial charge on any atom is 0.118 e. The molecule has 21 heavy (non-hydrogen) atoms. The van der Waals surface area contributed by atoms with Crippen molar-refractivity contribution in [2.75, 3.05) is 33.9 Å². The quantitative estimate of drug-likeness (QED) is 0.803. The molecule has 0 N–H and O–H groups in total. The average molecular weight is 289 g/mol. The number of nitrogens with zero attached hydrogens (tertiary/aromatic N) is 1. The number of piperidine rings is 1. The van der Waals surface area contributed by atoms with E-state index >= 15 is 0 Å². The Morgan fingerprint density at radius 2 is 1.86 bits per heavy atom. The third-order valence-corrected chi connectivity index (χ3v) is 4.92. The summed E-state index contributed by atoms with van der Waals surface area (Å²) >= 11 is 0. The summed E-state index contributed by atoms with van der Waals surface area (Å²) in [4.78, 5) is 2.65. The van der Waals surface area contributed by atoms with E-state index in [0.29, 0.717) is 12.0 Å². The summed E-state index contributed by atoms with van der Waals surface area (Å²) in [6.45, 7) is 3.69. The van der Waals surface area contributed by atoms with Gasteiger partial charge in [-0.05, 0) is 49.3 Å². The van der Waals surface area contributed by atoms with Gasteiger partial charge in [0, 0.05) is 32.7 Å². The molecular formula is C18H27NO2. The maximum atomic E-state index is 5.74. The number of rotatable bonds is 6. The number of hydrogen-bond acceptors (Lipinski definition) is 3. The molecule has 2 fully saturated rings. The first kappa shape index (κ1) is 14.9. The second-order valence-electron chi connectivity index (χ2n) is 6.58. The minimum absolute atomic E-state index is 0.405. The zero-order valence-electron chi connectivity index (χ0n) is 13.3. The molecule has 1 aliphatic carbocycles. The summed E-state index contributed by atoms with van der Waals surface area (Å²) in [5, 5.41) is 0. The van der Waals surface area contributed by atoms with Crippen molar-refractivity contribution >= 4 is 0 Å². The number of methoxy groups -OCH3 is 2. The van der Waals surface area contributed by atoms with E-state index < -0.39 is 0 Å². The van der Waals surface area contributed by atoms with Gasteiger partial charge in [0.2, 0.25) is 0 Å². The standard InChI is InChI=1S/C18H27NO2/c1-20-17-7-5-14(6-8-17)11-16-13-19(12-15-3-4-15)10-9-18(16)21-2/h5-8,15-16,18H,3-4,9-13H2,1-2H3/t16-,18+/m0/s1. The molecule has 1 saturated carbocycles. The molecule has 3 nitrogen and oxygen atoms in total. The highest BCUT2D eigenvalue weighted by atomic mass is 16.5. The molecule has 3 rings (SSSR count). The van der Waals surface area contributed by atoms with E-state index in [1.807, 2.05) is 7.11 Å². The number of ether oxygens (including phenoxy) is 2. The fourth-order valence-corrected chi connectivity index (χ4v) is 3.49. The van der Waals surface area contributed by atoms with Gasteiger partial charge in [-0.15, -0.1) is 0 Å². The van der Waals surface area contributed by atoms with Crippen LogP contribution in [0.2, 0.25) is 0 Å². The Morgan fingerprint density at radius 3 is 2.48 bits per heavy atom. The van der Waals surface area contributed by atoms with Gasteiger partial charge in [0.1, 0.15) is 5.75 Å². The Bertz CT molecular complexity index is 441. The van der Waals surface area contributed by atoms with E-state index in [1.54, 1.807) is 7.11 Å². The molecule has 0 aromatic heterocycles. The van der Waals surface area contributed by atoms with Gasteiger partial charge in [-0.3, -0.25) is 0 Å². The van der Waals surface area contributed by atoms with E-state index in [2.05, 4.69) is 29.2 Å². The molecule has 1 heterocycles. The summed E-state index contributed by atoms with van der Waals surface area (Å²) in [6.07, 6.45) is 5.55. The van der Waals surface area contributed by atoms with E-state index in [0.717, 1.165) is 18.1 Å². The SMILES string of the molecule is COc1ccc(C[C@H]2CN(CC3CC3)CC[C@H]2OC)cc1. The van der Waals surface area contributed by atoms with Crippen LogP contribution in [-0.2, 0) is 11.2 Å². The van der Waals surface area contributed by atoms with Crippen LogP contribution in [0.1, 0.15) is 24.8 Å². The highest BCUT2D eigenvalue weighted by molar-refractivity contribution is 5.27. The summed E-state index contributed by atoms with van der Waals surface area (Å²) in [5.41, 5.74) is 1.39. The Balaban J connectivity index is 1.61. The van der Waals surface area contributed by atoms with Gasteiger partial charge in [-0.25, -0.2) is 0 Å². The van der Waals surface area contributed by atoms with Crippen LogP contribution < -0.4 is 4.74 Å². The molecule has 2 atom stereocenters. The van der Waals surface area contributed by atoms with Gasteiger partial charge in [0.15, 0.2) is 0 Å². The predicted molar refractivity (Wildman–Crippen MR) is 84.8 cm³/mol. The van der Waals surface area contributed by atoms with Crippen LogP contribution in [0.25, 0.3) is 0 Å². The largest absolute Gasteiger partial charge is 0.497 e. The molecule has 2 aliphatic rings. The third-order valence-electron chi connectivity index (χ3n) is 4.92. The lowest BCUT2D eigenvalue weighted by Crippen LogP contribution is -2.45. The highest BCUT2D eigenvalue weighted by Gasteiger charge is 2.32. The molecular weight excluding hydrogens is 262 g/mol. The number of benzene rings is 1. The molecule has 1 aromatic carbocycles. The van der Waals surface area contributed by atoms with Crippen LogP contribution in [0.4, 0.5) is 0 Å². The van der Waals surface area contributed by atoms with E-state index in [-0.39, 0.29) is 0 Å². The van der Waals surface area contributed by atoms with E-state index in [1.165, 1.54) is 44.5 Å². The smallest absolute Gasteiger partial charge is 0.118 e. The highest BCUT2D eigenvalue weighted by Crippen LogP contribution is 2.32. The van der Waals surface area contributed by atoms with Crippen molar-refractivity contribution in [3.8, 4) is 5.75 Å². The molecule has 0 bridgehead atoms. The van der Waals surface area contributed by atoms with Crippen LogP contribution in [0.3, 0.4) is 0 Å². The van der Waals surface area contributed by atoms with Crippen LogP contribution >= 0.6 is 0 Å². The Morgan fingerprint density at radius 1 is 1.10 bits per heavy atom. The maximum absolute atomic E-state index is 5.74. The first-order chi connectivity index (χ1) is 10.3. The van der Waals surface area contributed by atoms with Crippen molar-refractivity contribution in [1.29, 1.82) is 0 Å². The lowest BCUT2D eigenvalue weighted by atomic mass is 9.88. The van der Waals surface area contributed by atoms with Crippen LogP contribution in [0, 0.1) is 11.8 Å². The summed E-state index contributed by atoms with van der Waals surface area (Å²) in [7, 11) is 3.58. The molecule has 1 aliphatic heterocycles. The lowest BCUT2D eigenvalue weighted by Gasteiger charge is -2.38. The summed E-state index contributed by atoms with van der Waals surface area (Å²) in [5.74, 6) is 2.52. The normalized spacial score (nSPS) is 26.8. The third kappa shape index (κ3) is 3.98. The van der Waals surface area contributed by atoms with Crippen LogP contribution in [-0.4, -0.2) is 44.9 Å². The molecule has 0 unspecified atom stereocenters. The van der Waals surface area contributed by atoms with Crippen molar-refractivity contribution in [2.45, 2.75) is 31.8 Å². The first-order valence-electron chi connectivity index (χ1n) is 8.16. The van der Waals surface area contributed by atoms with Crippen molar-refractivity contribution in [3.05, 3.63) is 29.8 Å². The Hall–Kier alpha value is -1.06. The Labute approximate surface area is 128 Å². The minimum Gasteiger partial charge on any atom is -0.497 e. The second kappa shape index (κ2) is 6.80. The van der Waals surface area contributed by atoms with Crippen LogP contribution in [0.15, 0.2) is 24.3 Å². The summed E-state index contributed by atoms with van der Waals surface area (Å²) in [6, 6.07) is 8.49. The topological polar surface area (TPSA) is 21.7 Å². The average Bonchev–Trinajstić information content (AvgIpc) is 3.32. The molecule has 116 valence electrons. The molecule has 0 amide bonds. The lowest BCUT2D eigenvalue weighted by molar-refractivity contribution is -0.00734. The van der Waals surface area contributed by atoms with Gasteiger partial charge >= 0.3 is 0 Å². The first-order valence-corrected chi connectivity index (χ1v) is 8.16. The van der Waals surface area contributed by atoms with E-state index in [9.17, 15) is 0 Å². The predicted octanol–water partition coefficient (Wildman–Crippen LogP) is 2.98. The molecule has 0 radical (unpaired) electrons. The molecule has 3 heteroatoms. The fourth-order valence-electron chi connectivity index (χ4n) is 3.49. The number of likely N-dealkylation sites (tertiary alicyclic amines) is 1. The van der Waals surface area contributed by atoms with Gasteiger partial charge in [-0.2, -0.15) is 0 Å². The van der Waals surface area contributed by atoms with Crippen LogP contribution in [0.5, 0.6) is 5.75 Å². The fraction of sp³-hybridized carbons (Fsp3) is 0.667. The molecule has 0 spiro atoms. The summed E-state index contributed by atoms with van der Waals surface area (Å²) < 4.78 is 11.0. The zero-order chi connectivity index (χ0) is 14.7. The van der Waals surface area contributed by atoms with Gasteiger partial charge in [-0.1, -0.05) is 12.1 Å². The number of hydrogen-bond donors (Lipinski definition) is 0. The van der Waals surface area contributed by atoms with E-state index in [4.69, 9.17) is 9.47 Å². The van der Waals surface area contributed by atoms with Gasteiger partial charge in [0.25, 0.3) is 0 Å². The molecule has 1 saturated heterocycles. The van der Waals surface area contributed by atoms with Crippen molar-refractivity contribution in [1.82, 2.24) is 4.90 Å². The van der Waals surface area contributed by atoms with Gasteiger partial charge < -0.3 is 14.4 Å². The minimum atomic E-state index is 0.405. The van der Waals surface area contributed by atoms with Crippen molar-refractivity contribution in [2.24, 2.45) is 11.8 Å². The second-order valence-corrected chi connectivity index (χ2v) is 6.58. The Kier molecular flexibility index (Phi) is 4.81. The zero-order valence-corrected chi connectivity index (χ0v) is 13.3. The van der Waals surface area contributed by atoms with Crippen molar-refractivity contribution in [3.63, 3.8) is 0 Å².